The summed E-state index contributed by atoms with van der Waals surface area (Å²) in [6.45, 7) is 1.90. The molecule has 4 nitrogen and oxygen atoms in total. The van der Waals surface area contributed by atoms with Gasteiger partial charge in [-0.25, -0.2) is 8.42 Å². The molecule has 0 saturated heterocycles. The average molecular weight is 516 g/mol. The van der Waals surface area contributed by atoms with Crippen molar-refractivity contribution in [3.63, 3.8) is 0 Å². The molecule has 0 heterocycles. The van der Waals surface area contributed by atoms with Crippen LogP contribution in [0.3, 0.4) is 0 Å². The second-order valence-electron chi connectivity index (χ2n) is 6.14. The van der Waals surface area contributed by atoms with Gasteiger partial charge >= 0.3 is 27.0 Å². The van der Waals surface area contributed by atoms with Crippen molar-refractivity contribution in [2.75, 3.05) is 0 Å². The van der Waals surface area contributed by atoms with Crippen LogP contribution in [0.1, 0.15) is 28.8 Å². The van der Waals surface area contributed by atoms with Gasteiger partial charge in [-0.3, -0.25) is 0 Å². The molecular formula is C22H23ClN2O2RuS. The second-order valence-corrected chi connectivity index (χ2v) is 7.77. The molecule has 7 heteroatoms. The van der Waals surface area contributed by atoms with Crippen molar-refractivity contribution in [1.82, 2.24) is 0 Å². The summed E-state index contributed by atoms with van der Waals surface area (Å²) < 4.78 is 29.8. The minimum absolute atomic E-state index is 0. The number of hydrogen-bond acceptors (Lipinski definition) is 2. The Kier molecular flexibility index (Phi) is 10.7. The van der Waals surface area contributed by atoms with Gasteiger partial charge in [-0.2, -0.15) is 0 Å². The van der Waals surface area contributed by atoms with E-state index in [1.54, 1.807) is 24.3 Å². The van der Waals surface area contributed by atoms with E-state index < -0.39 is 22.1 Å². The van der Waals surface area contributed by atoms with Crippen LogP contribution in [0.15, 0.2) is 89.8 Å². The number of sulfonamides is 1. The number of nitrogens with zero attached hydrogens (tertiary/aromatic N) is 1. The maximum absolute atomic E-state index is 12.8. The Balaban J connectivity index is 0.00000136. The molecule has 0 aliphatic rings. The number of halogens is 1. The van der Waals surface area contributed by atoms with Crippen LogP contribution in [-0.2, 0) is 27.3 Å². The van der Waals surface area contributed by atoms with Gasteiger partial charge in [-0.05, 0) is 19.1 Å². The molecule has 29 heavy (non-hydrogen) atoms. The standard InChI is InChI=1S/C21H20N2O2S.CH3.ClH.Ru/c1-16-12-14-19(15-13-16)26(24,25)23-21(18-10-6-3-7-11-18)20(22)17-8-4-2-5-9-17;;;/h2-15,20-22H,1H3;1H3;1H;/q-2;-1;;+4/p-1. The monoisotopic (exact) mass is 516 g/mol. The van der Waals surface area contributed by atoms with Gasteiger partial charge in [-0.1, -0.05) is 89.5 Å². The molecule has 0 spiro atoms. The molecule has 0 fully saturated rings. The van der Waals surface area contributed by atoms with Crippen LogP contribution in [0.5, 0.6) is 0 Å². The van der Waals surface area contributed by atoms with E-state index in [9.17, 15) is 8.42 Å². The SMILES string of the molecule is Cc1ccc(S(=O)(=O)[N-]C(c2ccccc2)C([NH-])c2ccccc2)cc1.[CH3-].[Cl][Ru+3]. The molecule has 0 bridgehead atoms. The normalized spacial score (nSPS) is 12.7. The third kappa shape index (κ3) is 7.02. The van der Waals surface area contributed by atoms with Gasteiger partial charge < -0.3 is 17.9 Å². The van der Waals surface area contributed by atoms with Crippen LogP contribution in [0.4, 0.5) is 0 Å². The number of nitrogens with one attached hydrogen (secondary N) is 1. The summed E-state index contributed by atoms with van der Waals surface area (Å²) in [5, 5.41) is 0. The Bertz CT molecular complexity index is 953. The van der Waals surface area contributed by atoms with Crippen molar-refractivity contribution in [2.45, 2.75) is 23.9 Å². The third-order valence-corrected chi connectivity index (χ3v) is 5.56. The van der Waals surface area contributed by atoms with Crippen molar-refractivity contribution >= 4 is 19.7 Å². The van der Waals surface area contributed by atoms with Gasteiger partial charge in [-0.15, -0.1) is 12.1 Å². The molecule has 0 aliphatic carbocycles. The topological polar surface area (TPSA) is 72.0 Å². The quantitative estimate of drug-likeness (QED) is 0.270. The van der Waals surface area contributed by atoms with Gasteiger partial charge in [0.1, 0.15) is 10.0 Å². The van der Waals surface area contributed by atoms with Crippen molar-refractivity contribution in [1.29, 1.82) is 0 Å². The molecule has 1 N–H and O–H groups in total. The third-order valence-electron chi connectivity index (χ3n) is 4.19. The first-order chi connectivity index (χ1) is 13.5. The van der Waals surface area contributed by atoms with E-state index in [1.807, 2.05) is 84.9 Å². The number of hydrogen-bond donors (Lipinski definition) is 0. The first-order valence-corrected chi connectivity index (χ1v) is 12.1. The van der Waals surface area contributed by atoms with E-state index in [0.717, 1.165) is 11.1 Å². The first-order valence-electron chi connectivity index (χ1n) is 8.45. The zero-order valence-corrected chi connectivity index (χ0v) is 19.5. The van der Waals surface area contributed by atoms with Gasteiger partial charge in [0, 0.05) is 4.90 Å². The van der Waals surface area contributed by atoms with E-state index in [1.165, 1.54) is 0 Å². The fraction of sp³-hybridized carbons (Fsp3) is 0.136. The summed E-state index contributed by atoms with van der Waals surface area (Å²) in [6, 6.07) is 23.3. The summed E-state index contributed by atoms with van der Waals surface area (Å²) in [4.78, 5) is 0.143. The van der Waals surface area contributed by atoms with Crippen LogP contribution in [-0.4, -0.2) is 8.42 Å². The van der Waals surface area contributed by atoms with Crippen molar-refractivity contribution in [2.24, 2.45) is 0 Å². The van der Waals surface area contributed by atoms with E-state index in [4.69, 9.17) is 5.73 Å². The molecule has 0 aromatic heterocycles. The summed E-state index contributed by atoms with van der Waals surface area (Å²) in [6.07, 6.45) is 0. The molecule has 3 aromatic rings. The summed E-state index contributed by atoms with van der Waals surface area (Å²) in [5.41, 5.74) is 11.0. The van der Waals surface area contributed by atoms with Crippen LogP contribution in [0.2, 0.25) is 0 Å². The van der Waals surface area contributed by atoms with E-state index >= 15 is 0 Å². The predicted octanol–water partition coefficient (Wildman–Crippen LogP) is 6.73. The fourth-order valence-corrected chi connectivity index (χ4v) is 3.87. The van der Waals surface area contributed by atoms with E-state index in [2.05, 4.69) is 14.4 Å². The van der Waals surface area contributed by atoms with Crippen molar-refractivity contribution in [3.8, 4) is 0 Å². The maximum atomic E-state index is 12.8. The predicted molar refractivity (Wildman–Crippen MR) is 117 cm³/mol. The number of aryl methyl sites for hydroxylation is 1. The van der Waals surface area contributed by atoms with Crippen molar-refractivity contribution < 1.29 is 25.7 Å². The summed E-state index contributed by atoms with van der Waals surface area (Å²) in [7, 11) is 0.696. The Morgan fingerprint density at radius 3 is 1.76 bits per heavy atom. The zero-order valence-electron chi connectivity index (χ0n) is 16.1. The first kappa shape index (κ1) is 25.5. The molecule has 0 amide bonds. The number of benzene rings is 3. The molecule has 2 unspecified atom stereocenters. The Hall–Kier alpha value is -1.56. The van der Waals surface area contributed by atoms with Gasteiger partial charge in [0.05, 0.1) is 0 Å². The van der Waals surface area contributed by atoms with E-state index in [0.29, 0.717) is 5.56 Å². The van der Waals surface area contributed by atoms with Crippen LogP contribution >= 0.6 is 9.69 Å². The van der Waals surface area contributed by atoms with Gasteiger partial charge in [0.25, 0.3) is 0 Å². The average Bonchev–Trinajstić information content (AvgIpc) is 2.74. The Morgan fingerprint density at radius 2 is 1.28 bits per heavy atom. The Morgan fingerprint density at radius 1 is 0.828 bits per heavy atom. The molecule has 0 radical (unpaired) electrons. The summed E-state index contributed by atoms with van der Waals surface area (Å²) >= 11 is 1.82. The fourth-order valence-electron chi connectivity index (χ4n) is 2.73. The van der Waals surface area contributed by atoms with Crippen LogP contribution in [0, 0.1) is 14.4 Å². The van der Waals surface area contributed by atoms with Crippen LogP contribution < -0.4 is 0 Å². The van der Waals surface area contributed by atoms with E-state index in [-0.39, 0.29) is 12.3 Å². The second kappa shape index (κ2) is 12.2. The van der Waals surface area contributed by atoms with Gasteiger partial charge in [0.15, 0.2) is 0 Å². The summed E-state index contributed by atoms with van der Waals surface area (Å²) in [5.74, 6) is 0. The Labute approximate surface area is 188 Å². The number of rotatable bonds is 6. The van der Waals surface area contributed by atoms with Gasteiger partial charge in [0.2, 0.25) is 0 Å². The molecule has 2 atom stereocenters. The van der Waals surface area contributed by atoms with Crippen molar-refractivity contribution in [3.05, 3.63) is 120 Å². The minimum atomic E-state index is -3.87. The molecule has 3 aromatic carbocycles. The molecule has 154 valence electrons. The zero-order chi connectivity index (χ0) is 20.6. The molecule has 0 aliphatic heterocycles. The molecular weight excluding hydrogens is 493 g/mol. The van der Waals surface area contributed by atoms with Crippen LogP contribution in [0.25, 0.3) is 10.5 Å². The molecule has 3 rings (SSSR count). The molecule has 0 saturated carbocycles.